The molecule has 3 N–H and O–H groups in total. The van der Waals surface area contributed by atoms with Gasteiger partial charge in [0.2, 0.25) is 5.91 Å². The molecule has 0 saturated carbocycles. The molecule has 7 nitrogen and oxygen atoms in total. The highest BCUT2D eigenvalue weighted by Crippen LogP contribution is 2.19. The zero-order chi connectivity index (χ0) is 19.2. The van der Waals surface area contributed by atoms with Crippen LogP contribution in [0.1, 0.15) is 22.3 Å². The summed E-state index contributed by atoms with van der Waals surface area (Å²) >= 11 is 0. The molecule has 1 saturated heterocycles. The van der Waals surface area contributed by atoms with Gasteiger partial charge in [0.25, 0.3) is 5.91 Å². The third-order valence-corrected chi connectivity index (χ3v) is 4.41. The maximum atomic E-state index is 12.9. The summed E-state index contributed by atoms with van der Waals surface area (Å²) in [4.78, 5) is 39.1. The fraction of sp³-hybridized carbons (Fsp3) is 0.250. The fourth-order valence-corrected chi connectivity index (χ4v) is 2.99. The molecule has 2 aromatic carbocycles. The molecule has 3 rings (SSSR count). The minimum absolute atomic E-state index is 0.102. The molecule has 0 aromatic heterocycles. The zero-order valence-electron chi connectivity index (χ0n) is 14.9. The van der Waals surface area contributed by atoms with Crippen molar-refractivity contribution in [3.05, 3.63) is 65.7 Å². The van der Waals surface area contributed by atoms with Gasteiger partial charge in [-0.3, -0.25) is 14.5 Å². The van der Waals surface area contributed by atoms with E-state index in [1.165, 1.54) is 0 Å². The lowest BCUT2D eigenvalue weighted by Crippen LogP contribution is -2.33. The topological polar surface area (TPSA) is 95.7 Å². The Hall–Kier alpha value is -3.35. The Morgan fingerprint density at radius 1 is 1.07 bits per heavy atom. The van der Waals surface area contributed by atoms with E-state index in [-0.39, 0.29) is 24.9 Å². The van der Waals surface area contributed by atoms with Gasteiger partial charge in [0.05, 0.1) is 0 Å². The lowest BCUT2D eigenvalue weighted by molar-refractivity contribution is -0.118. The molecule has 1 aliphatic rings. The Balaban J connectivity index is 1.75. The number of urea groups is 1. The smallest absolute Gasteiger partial charge is 0.321 e. The molecule has 7 heteroatoms. The minimum Gasteiger partial charge on any atom is -0.370 e. The SMILES string of the molecule is NC(=O)CCN(Cc1ccccc1)C(=O)c1ccc(N2CCNC2=O)cc1. The number of hydrogen-bond donors (Lipinski definition) is 2. The minimum atomic E-state index is -0.448. The van der Waals surface area contributed by atoms with Crippen molar-refractivity contribution >= 4 is 23.5 Å². The molecule has 4 amide bonds. The molecule has 0 spiro atoms. The second kappa shape index (κ2) is 8.35. The molecule has 140 valence electrons. The van der Waals surface area contributed by atoms with E-state index in [1.54, 1.807) is 34.1 Å². The van der Waals surface area contributed by atoms with Crippen molar-refractivity contribution in [1.82, 2.24) is 10.2 Å². The predicted octanol–water partition coefficient (Wildman–Crippen LogP) is 1.73. The number of carbonyl (C=O) groups is 3. The molecular weight excluding hydrogens is 344 g/mol. The van der Waals surface area contributed by atoms with Crippen LogP contribution in [0.2, 0.25) is 0 Å². The van der Waals surface area contributed by atoms with Gasteiger partial charge in [-0.15, -0.1) is 0 Å². The van der Waals surface area contributed by atoms with E-state index in [1.807, 2.05) is 30.3 Å². The lowest BCUT2D eigenvalue weighted by atomic mass is 10.1. The molecule has 0 bridgehead atoms. The summed E-state index contributed by atoms with van der Waals surface area (Å²) in [5.74, 6) is -0.631. The number of primary amides is 1. The van der Waals surface area contributed by atoms with Crippen LogP contribution in [0.4, 0.5) is 10.5 Å². The van der Waals surface area contributed by atoms with Crippen LogP contribution in [-0.4, -0.2) is 42.4 Å². The Kier molecular flexibility index (Phi) is 5.71. The Bertz CT molecular complexity index is 821. The number of amides is 4. The van der Waals surface area contributed by atoms with Crippen molar-refractivity contribution in [2.24, 2.45) is 5.73 Å². The highest BCUT2D eigenvalue weighted by molar-refractivity contribution is 5.97. The van der Waals surface area contributed by atoms with E-state index in [2.05, 4.69) is 5.32 Å². The van der Waals surface area contributed by atoms with E-state index < -0.39 is 5.91 Å². The van der Waals surface area contributed by atoms with Gasteiger partial charge < -0.3 is 16.0 Å². The van der Waals surface area contributed by atoms with Crippen LogP contribution in [-0.2, 0) is 11.3 Å². The third kappa shape index (κ3) is 4.63. The molecule has 1 aliphatic heterocycles. The predicted molar refractivity (Wildman–Crippen MR) is 102 cm³/mol. The summed E-state index contributed by atoms with van der Waals surface area (Å²) in [6.07, 6.45) is 0.102. The van der Waals surface area contributed by atoms with E-state index in [0.29, 0.717) is 25.2 Å². The molecule has 0 atom stereocenters. The van der Waals surface area contributed by atoms with Crippen LogP contribution in [0.15, 0.2) is 54.6 Å². The lowest BCUT2D eigenvalue weighted by Gasteiger charge is -2.23. The highest BCUT2D eigenvalue weighted by atomic mass is 16.2. The molecule has 2 aromatic rings. The summed E-state index contributed by atoms with van der Waals surface area (Å²) in [7, 11) is 0. The van der Waals surface area contributed by atoms with Crippen molar-refractivity contribution in [3.8, 4) is 0 Å². The fourth-order valence-electron chi connectivity index (χ4n) is 2.99. The molecule has 0 unspecified atom stereocenters. The number of hydrogen-bond acceptors (Lipinski definition) is 3. The van der Waals surface area contributed by atoms with Gasteiger partial charge in [0.1, 0.15) is 0 Å². The largest absolute Gasteiger partial charge is 0.370 e. The standard InChI is InChI=1S/C20H22N4O3/c21-18(25)10-12-23(14-15-4-2-1-3-5-15)19(26)16-6-8-17(9-7-16)24-13-11-22-20(24)27/h1-9H,10-14H2,(H2,21,25)(H,22,27). The number of nitrogens with two attached hydrogens (primary N) is 1. The number of nitrogens with zero attached hydrogens (tertiary/aromatic N) is 2. The Morgan fingerprint density at radius 2 is 1.78 bits per heavy atom. The molecule has 27 heavy (non-hydrogen) atoms. The van der Waals surface area contributed by atoms with E-state index in [9.17, 15) is 14.4 Å². The first-order valence-corrected chi connectivity index (χ1v) is 8.81. The molecular formula is C20H22N4O3. The molecule has 0 radical (unpaired) electrons. The maximum absolute atomic E-state index is 12.9. The molecule has 0 aliphatic carbocycles. The quantitative estimate of drug-likeness (QED) is 0.781. The summed E-state index contributed by atoms with van der Waals surface area (Å²) in [6, 6.07) is 16.4. The van der Waals surface area contributed by atoms with Crippen LogP contribution >= 0.6 is 0 Å². The summed E-state index contributed by atoms with van der Waals surface area (Å²) in [5.41, 5.74) is 7.47. The van der Waals surface area contributed by atoms with Gasteiger partial charge in [-0.1, -0.05) is 30.3 Å². The first-order valence-electron chi connectivity index (χ1n) is 8.81. The number of benzene rings is 2. The summed E-state index contributed by atoms with van der Waals surface area (Å²) in [6.45, 7) is 1.85. The zero-order valence-corrected chi connectivity index (χ0v) is 14.9. The van der Waals surface area contributed by atoms with E-state index in [4.69, 9.17) is 5.73 Å². The van der Waals surface area contributed by atoms with Crippen molar-refractivity contribution in [3.63, 3.8) is 0 Å². The van der Waals surface area contributed by atoms with E-state index >= 15 is 0 Å². The van der Waals surface area contributed by atoms with Gasteiger partial charge in [-0.05, 0) is 29.8 Å². The van der Waals surface area contributed by atoms with E-state index in [0.717, 1.165) is 11.3 Å². The monoisotopic (exact) mass is 366 g/mol. The second-order valence-electron chi connectivity index (χ2n) is 6.36. The molecule has 1 heterocycles. The van der Waals surface area contributed by atoms with Crippen molar-refractivity contribution in [1.29, 1.82) is 0 Å². The normalized spacial score (nSPS) is 13.3. The van der Waals surface area contributed by atoms with Crippen molar-refractivity contribution in [2.45, 2.75) is 13.0 Å². The number of carbonyl (C=O) groups excluding carboxylic acids is 3. The third-order valence-electron chi connectivity index (χ3n) is 4.41. The second-order valence-corrected chi connectivity index (χ2v) is 6.36. The first kappa shape index (κ1) is 18.4. The summed E-state index contributed by atoms with van der Waals surface area (Å²) in [5, 5.41) is 2.75. The number of rotatable bonds is 7. The first-order chi connectivity index (χ1) is 13.0. The maximum Gasteiger partial charge on any atom is 0.321 e. The molecule has 1 fully saturated rings. The van der Waals surface area contributed by atoms with Crippen LogP contribution < -0.4 is 16.0 Å². The average Bonchev–Trinajstić information content (AvgIpc) is 3.11. The van der Waals surface area contributed by atoms with Crippen LogP contribution in [0, 0.1) is 0 Å². The van der Waals surface area contributed by atoms with Crippen molar-refractivity contribution < 1.29 is 14.4 Å². The van der Waals surface area contributed by atoms with Crippen LogP contribution in [0.25, 0.3) is 0 Å². The van der Waals surface area contributed by atoms with Gasteiger partial charge >= 0.3 is 6.03 Å². The van der Waals surface area contributed by atoms with Gasteiger partial charge in [-0.25, -0.2) is 4.79 Å². The van der Waals surface area contributed by atoms with Crippen LogP contribution in [0.5, 0.6) is 0 Å². The van der Waals surface area contributed by atoms with Gasteiger partial charge in [0, 0.05) is 43.9 Å². The highest BCUT2D eigenvalue weighted by Gasteiger charge is 2.22. The van der Waals surface area contributed by atoms with Crippen LogP contribution in [0.3, 0.4) is 0 Å². The number of anilines is 1. The number of nitrogens with one attached hydrogen (secondary N) is 1. The van der Waals surface area contributed by atoms with Crippen molar-refractivity contribution in [2.75, 3.05) is 24.5 Å². The van der Waals surface area contributed by atoms with Gasteiger partial charge in [0.15, 0.2) is 0 Å². The Labute approximate surface area is 157 Å². The Morgan fingerprint density at radius 3 is 2.37 bits per heavy atom. The van der Waals surface area contributed by atoms with Gasteiger partial charge in [-0.2, -0.15) is 0 Å². The average molecular weight is 366 g/mol. The summed E-state index contributed by atoms with van der Waals surface area (Å²) < 4.78 is 0.